The molecule has 0 spiro atoms. The molecule has 0 aliphatic rings. The summed E-state index contributed by atoms with van der Waals surface area (Å²) in [5.74, 6) is 0.995. The van der Waals surface area contributed by atoms with Crippen molar-refractivity contribution in [1.29, 1.82) is 0 Å². The molecule has 0 amide bonds. The predicted molar refractivity (Wildman–Crippen MR) is 92.2 cm³/mol. The highest BCUT2D eigenvalue weighted by atomic mass is 16.5. The zero-order valence-electron chi connectivity index (χ0n) is 14.3. The largest absolute Gasteiger partial charge is 0.497 e. The molecule has 0 aliphatic heterocycles. The van der Waals surface area contributed by atoms with Crippen molar-refractivity contribution in [3.05, 3.63) is 42.0 Å². The number of carboxylic acid groups (broad SMARTS) is 1. The Morgan fingerprint density at radius 2 is 1.71 bits per heavy atom. The lowest BCUT2D eigenvalue weighted by molar-refractivity contribution is -0.137. The maximum Gasteiger partial charge on any atom is 0.303 e. The number of rotatable bonds is 7. The van der Waals surface area contributed by atoms with E-state index >= 15 is 0 Å². The van der Waals surface area contributed by atoms with Crippen LogP contribution in [-0.2, 0) is 4.79 Å². The summed E-state index contributed by atoms with van der Waals surface area (Å²) in [7, 11) is 4.78. The fourth-order valence-electron chi connectivity index (χ4n) is 2.64. The van der Waals surface area contributed by atoms with Gasteiger partial charge in [0.1, 0.15) is 5.75 Å². The molecule has 0 fully saturated rings. The van der Waals surface area contributed by atoms with Crippen LogP contribution in [0.1, 0.15) is 24.8 Å². The number of methoxy groups -OCH3 is 3. The van der Waals surface area contributed by atoms with Gasteiger partial charge in [0.25, 0.3) is 0 Å². The highest BCUT2D eigenvalue weighted by Gasteiger charge is 2.18. The minimum Gasteiger partial charge on any atom is -0.497 e. The molecular weight excluding hydrogens is 308 g/mol. The van der Waals surface area contributed by atoms with E-state index in [0.717, 1.165) is 22.4 Å². The van der Waals surface area contributed by atoms with Gasteiger partial charge in [-0.2, -0.15) is 0 Å². The maximum absolute atomic E-state index is 11.0. The molecule has 5 nitrogen and oxygen atoms in total. The molecule has 0 radical (unpaired) electrons. The first kappa shape index (κ1) is 17.7. The van der Waals surface area contributed by atoms with Gasteiger partial charge in [0.05, 0.1) is 27.8 Å². The number of carbonyl (C=O) groups is 1. The third kappa shape index (κ3) is 3.79. The van der Waals surface area contributed by atoms with Crippen LogP contribution in [0.2, 0.25) is 0 Å². The van der Waals surface area contributed by atoms with Gasteiger partial charge in [0.15, 0.2) is 11.5 Å². The van der Waals surface area contributed by atoms with Crippen LogP contribution in [0.25, 0.3) is 11.1 Å². The lowest BCUT2D eigenvalue weighted by Gasteiger charge is -2.18. The van der Waals surface area contributed by atoms with Gasteiger partial charge in [-0.05, 0) is 41.3 Å². The number of ether oxygens (including phenoxy) is 3. The number of benzene rings is 2. The fraction of sp³-hybridized carbons (Fsp3) is 0.316. The Hall–Kier alpha value is -2.69. The van der Waals surface area contributed by atoms with Crippen LogP contribution in [0, 0.1) is 0 Å². The van der Waals surface area contributed by atoms with Crippen molar-refractivity contribution in [2.75, 3.05) is 21.3 Å². The minimum atomic E-state index is -0.830. The lowest BCUT2D eigenvalue weighted by atomic mass is 9.93. The molecular formula is C19H22O5. The van der Waals surface area contributed by atoms with Crippen LogP contribution in [0.5, 0.6) is 17.2 Å². The van der Waals surface area contributed by atoms with E-state index in [1.807, 2.05) is 43.3 Å². The van der Waals surface area contributed by atoms with Gasteiger partial charge in [-0.3, -0.25) is 4.79 Å². The van der Waals surface area contributed by atoms with Gasteiger partial charge in [0, 0.05) is 5.56 Å². The van der Waals surface area contributed by atoms with Crippen LogP contribution in [0.3, 0.4) is 0 Å². The smallest absolute Gasteiger partial charge is 0.303 e. The van der Waals surface area contributed by atoms with Crippen molar-refractivity contribution in [2.45, 2.75) is 19.3 Å². The van der Waals surface area contributed by atoms with Gasteiger partial charge < -0.3 is 19.3 Å². The number of hydrogen-bond acceptors (Lipinski definition) is 4. The van der Waals surface area contributed by atoms with Crippen molar-refractivity contribution >= 4 is 5.97 Å². The van der Waals surface area contributed by atoms with E-state index in [1.54, 1.807) is 21.3 Å². The van der Waals surface area contributed by atoms with Gasteiger partial charge in [-0.1, -0.05) is 19.1 Å². The summed E-state index contributed by atoms with van der Waals surface area (Å²) in [6.45, 7) is 1.88. The average Bonchev–Trinajstić information content (AvgIpc) is 2.59. The second-order valence-corrected chi connectivity index (χ2v) is 5.53. The third-order valence-corrected chi connectivity index (χ3v) is 3.95. The molecule has 1 atom stereocenters. The summed E-state index contributed by atoms with van der Waals surface area (Å²) in [6.07, 6.45) is 0.0531. The van der Waals surface area contributed by atoms with E-state index in [0.29, 0.717) is 11.5 Å². The highest BCUT2D eigenvalue weighted by Crippen LogP contribution is 2.41. The van der Waals surface area contributed by atoms with Crippen molar-refractivity contribution < 1.29 is 24.1 Å². The van der Waals surface area contributed by atoms with Crippen LogP contribution in [0.4, 0.5) is 0 Å². The Labute approximate surface area is 141 Å². The molecule has 24 heavy (non-hydrogen) atoms. The summed E-state index contributed by atoms with van der Waals surface area (Å²) in [5, 5.41) is 9.05. The quantitative estimate of drug-likeness (QED) is 0.832. The Kier molecular flexibility index (Phi) is 5.68. The van der Waals surface area contributed by atoms with Crippen molar-refractivity contribution in [1.82, 2.24) is 0 Å². The van der Waals surface area contributed by atoms with Crippen LogP contribution < -0.4 is 14.2 Å². The van der Waals surface area contributed by atoms with E-state index < -0.39 is 5.97 Å². The normalized spacial score (nSPS) is 11.7. The summed E-state index contributed by atoms with van der Waals surface area (Å²) >= 11 is 0. The third-order valence-electron chi connectivity index (χ3n) is 3.95. The summed E-state index contributed by atoms with van der Waals surface area (Å²) in [4.78, 5) is 11.0. The van der Waals surface area contributed by atoms with Crippen LogP contribution in [0.15, 0.2) is 36.4 Å². The van der Waals surface area contributed by atoms with Crippen LogP contribution in [-0.4, -0.2) is 32.4 Å². The van der Waals surface area contributed by atoms with Crippen molar-refractivity contribution in [3.63, 3.8) is 0 Å². The molecule has 0 heterocycles. The molecule has 1 N–H and O–H groups in total. The lowest BCUT2D eigenvalue weighted by Crippen LogP contribution is -2.04. The monoisotopic (exact) mass is 330 g/mol. The second kappa shape index (κ2) is 7.73. The first-order valence-electron chi connectivity index (χ1n) is 7.62. The predicted octanol–water partition coefficient (Wildman–Crippen LogP) is 3.96. The first-order chi connectivity index (χ1) is 11.5. The zero-order chi connectivity index (χ0) is 17.7. The van der Waals surface area contributed by atoms with Crippen LogP contribution >= 0.6 is 0 Å². The molecule has 0 aromatic heterocycles. The molecule has 0 aliphatic carbocycles. The summed E-state index contributed by atoms with van der Waals surface area (Å²) in [5.41, 5.74) is 2.68. The molecule has 2 aromatic carbocycles. The highest BCUT2D eigenvalue weighted by molar-refractivity contribution is 5.76. The topological polar surface area (TPSA) is 65.0 Å². The standard InChI is InChI=1S/C19H22O5/c1-12(9-18(20)21)14-10-16(19(24-4)17(11-14)23-3)13-5-7-15(22-2)8-6-13/h5-8,10-12H,9H2,1-4H3,(H,20,21). The number of carboxylic acids is 1. The Morgan fingerprint density at radius 1 is 1.04 bits per heavy atom. The Bertz CT molecular complexity index is 706. The summed E-state index contributed by atoms with van der Waals surface area (Å²) < 4.78 is 16.2. The number of hydrogen-bond donors (Lipinski definition) is 1. The molecule has 0 bridgehead atoms. The van der Waals surface area contributed by atoms with E-state index in [4.69, 9.17) is 19.3 Å². The van der Waals surface area contributed by atoms with E-state index in [1.165, 1.54) is 0 Å². The molecule has 5 heteroatoms. The van der Waals surface area contributed by atoms with Crippen molar-refractivity contribution in [2.24, 2.45) is 0 Å². The van der Waals surface area contributed by atoms with E-state index in [9.17, 15) is 4.79 Å². The fourth-order valence-corrected chi connectivity index (χ4v) is 2.64. The molecule has 0 saturated heterocycles. The van der Waals surface area contributed by atoms with Crippen molar-refractivity contribution in [3.8, 4) is 28.4 Å². The van der Waals surface area contributed by atoms with Gasteiger partial charge in [-0.15, -0.1) is 0 Å². The second-order valence-electron chi connectivity index (χ2n) is 5.53. The van der Waals surface area contributed by atoms with Gasteiger partial charge in [-0.25, -0.2) is 0 Å². The average molecular weight is 330 g/mol. The molecule has 0 saturated carbocycles. The molecule has 2 rings (SSSR count). The van der Waals surface area contributed by atoms with Gasteiger partial charge in [0.2, 0.25) is 0 Å². The Morgan fingerprint density at radius 3 is 2.21 bits per heavy atom. The maximum atomic E-state index is 11.0. The van der Waals surface area contributed by atoms with E-state index in [2.05, 4.69) is 0 Å². The SMILES string of the molecule is COc1ccc(-c2cc(C(C)CC(=O)O)cc(OC)c2OC)cc1. The van der Waals surface area contributed by atoms with Gasteiger partial charge >= 0.3 is 5.97 Å². The zero-order valence-corrected chi connectivity index (χ0v) is 14.3. The minimum absolute atomic E-state index is 0.0531. The number of aliphatic carboxylic acids is 1. The van der Waals surface area contributed by atoms with E-state index in [-0.39, 0.29) is 12.3 Å². The Balaban J connectivity index is 2.55. The molecule has 1 unspecified atom stereocenters. The molecule has 2 aromatic rings. The first-order valence-corrected chi connectivity index (χ1v) is 7.62. The molecule has 128 valence electrons. The summed E-state index contributed by atoms with van der Waals surface area (Å²) in [6, 6.07) is 11.4.